The molecule has 29 heavy (non-hydrogen) atoms. The minimum absolute atomic E-state index is 0.152. The van der Waals surface area contributed by atoms with Crippen LogP contribution >= 0.6 is 22.6 Å². The third-order valence-corrected chi connectivity index (χ3v) is 6.30. The summed E-state index contributed by atoms with van der Waals surface area (Å²) < 4.78 is 34.2. The summed E-state index contributed by atoms with van der Waals surface area (Å²) in [4.78, 5) is 12.6. The molecule has 0 unspecified atom stereocenters. The van der Waals surface area contributed by atoms with Crippen LogP contribution in [0.3, 0.4) is 0 Å². The molecule has 8 heteroatoms. The monoisotopic (exact) mass is 522 g/mol. The van der Waals surface area contributed by atoms with E-state index >= 15 is 0 Å². The largest absolute Gasteiger partial charge is 0.494 e. The molecular weight excluding hydrogens is 503 g/mol. The average molecular weight is 522 g/mol. The van der Waals surface area contributed by atoms with Crippen molar-refractivity contribution in [2.45, 2.75) is 11.8 Å². The number of carbonyl (C=O) groups is 1. The van der Waals surface area contributed by atoms with Gasteiger partial charge in [-0.3, -0.25) is 9.52 Å². The van der Waals surface area contributed by atoms with Crippen LogP contribution in [0.4, 0.5) is 11.4 Å². The van der Waals surface area contributed by atoms with Gasteiger partial charge in [0, 0.05) is 20.9 Å². The van der Waals surface area contributed by atoms with Crippen molar-refractivity contribution in [1.29, 1.82) is 0 Å². The van der Waals surface area contributed by atoms with E-state index in [1.807, 2.05) is 6.07 Å². The summed E-state index contributed by atoms with van der Waals surface area (Å²) in [5.74, 6) is 0.0380. The fourth-order valence-corrected chi connectivity index (χ4v) is 4.09. The number of halogens is 1. The third kappa shape index (κ3) is 5.07. The van der Waals surface area contributed by atoms with Gasteiger partial charge in [-0.2, -0.15) is 0 Å². The maximum atomic E-state index is 12.7. The van der Waals surface area contributed by atoms with E-state index in [-0.39, 0.29) is 10.8 Å². The van der Waals surface area contributed by atoms with Gasteiger partial charge in [0.2, 0.25) is 0 Å². The van der Waals surface area contributed by atoms with Gasteiger partial charge in [-0.1, -0.05) is 18.2 Å². The van der Waals surface area contributed by atoms with Crippen molar-refractivity contribution in [3.63, 3.8) is 0 Å². The number of nitrogens with one attached hydrogen (secondary N) is 2. The van der Waals surface area contributed by atoms with E-state index in [2.05, 4.69) is 32.6 Å². The number of carbonyl (C=O) groups excluding carboxylic acids is 1. The zero-order valence-electron chi connectivity index (χ0n) is 15.8. The number of hydrogen-bond acceptors (Lipinski definition) is 4. The van der Waals surface area contributed by atoms with Crippen LogP contribution in [0.5, 0.6) is 5.75 Å². The standard InChI is InChI=1S/C21H19IN2O4S/c1-14-12-19(24-29(26,27)17-10-8-16(22)9-11-17)20(28-2)13-18(14)23-21(25)15-6-4-3-5-7-15/h3-13,24H,1-2H3,(H,23,25). The van der Waals surface area contributed by atoms with Crippen LogP contribution in [0.2, 0.25) is 0 Å². The Balaban J connectivity index is 1.88. The molecule has 0 aliphatic heterocycles. The molecule has 3 aromatic rings. The summed E-state index contributed by atoms with van der Waals surface area (Å²) in [5, 5.41) is 2.83. The zero-order chi connectivity index (χ0) is 21.0. The number of rotatable bonds is 6. The molecule has 3 rings (SSSR count). The molecule has 0 saturated carbocycles. The lowest BCUT2D eigenvalue weighted by Crippen LogP contribution is -2.15. The quantitative estimate of drug-likeness (QED) is 0.462. The predicted octanol–water partition coefficient (Wildman–Crippen LogP) is 4.66. The van der Waals surface area contributed by atoms with Crippen LogP contribution in [0.15, 0.2) is 71.6 Å². The molecule has 3 aromatic carbocycles. The Bertz CT molecular complexity index is 1130. The lowest BCUT2D eigenvalue weighted by Gasteiger charge is -2.16. The normalized spacial score (nSPS) is 11.0. The van der Waals surface area contributed by atoms with Gasteiger partial charge < -0.3 is 10.1 Å². The lowest BCUT2D eigenvalue weighted by molar-refractivity contribution is 0.102. The molecule has 2 N–H and O–H groups in total. The van der Waals surface area contributed by atoms with Gasteiger partial charge in [0.1, 0.15) is 5.75 Å². The second kappa shape index (κ2) is 8.83. The first-order valence-corrected chi connectivity index (χ1v) is 11.2. The van der Waals surface area contributed by atoms with Crippen molar-refractivity contribution in [3.05, 3.63) is 81.4 Å². The molecule has 0 bridgehead atoms. The van der Waals surface area contributed by atoms with Crippen LogP contribution in [0, 0.1) is 10.5 Å². The maximum Gasteiger partial charge on any atom is 0.262 e. The minimum Gasteiger partial charge on any atom is -0.494 e. The van der Waals surface area contributed by atoms with Gasteiger partial charge in [-0.05, 0) is 77.5 Å². The van der Waals surface area contributed by atoms with Crippen molar-refractivity contribution in [2.75, 3.05) is 17.1 Å². The number of sulfonamides is 1. The number of benzene rings is 3. The Hall–Kier alpha value is -2.59. The highest BCUT2D eigenvalue weighted by molar-refractivity contribution is 14.1. The summed E-state index contributed by atoms with van der Waals surface area (Å²) in [7, 11) is -2.34. The molecule has 0 aliphatic rings. The van der Waals surface area contributed by atoms with Gasteiger partial charge >= 0.3 is 0 Å². The van der Waals surface area contributed by atoms with Gasteiger partial charge in [0.05, 0.1) is 17.7 Å². The number of aryl methyl sites for hydroxylation is 1. The summed E-state index contributed by atoms with van der Waals surface area (Å²) in [5.41, 5.74) is 2.04. The predicted molar refractivity (Wildman–Crippen MR) is 122 cm³/mol. The number of amides is 1. The van der Waals surface area contributed by atoms with Gasteiger partial charge in [0.25, 0.3) is 15.9 Å². The third-order valence-electron chi connectivity index (χ3n) is 4.20. The van der Waals surface area contributed by atoms with Gasteiger partial charge in [-0.15, -0.1) is 0 Å². The van der Waals surface area contributed by atoms with Gasteiger partial charge in [0.15, 0.2) is 0 Å². The summed E-state index contributed by atoms with van der Waals surface area (Å²) in [6, 6.07) is 18.6. The van der Waals surface area contributed by atoms with Crippen molar-refractivity contribution in [2.24, 2.45) is 0 Å². The molecule has 0 heterocycles. The molecule has 0 radical (unpaired) electrons. The van der Waals surface area contributed by atoms with Gasteiger partial charge in [-0.25, -0.2) is 8.42 Å². The fourth-order valence-electron chi connectivity index (χ4n) is 2.67. The first kappa shape index (κ1) is 21.1. The SMILES string of the molecule is COc1cc(NC(=O)c2ccccc2)c(C)cc1NS(=O)(=O)c1ccc(I)cc1. The molecule has 0 fully saturated rings. The van der Waals surface area contributed by atoms with E-state index in [0.29, 0.717) is 28.3 Å². The van der Waals surface area contributed by atoms with E-state index in [1.54, 1.807) is 55.5 Å². The number of methoxy groups -OCH3 is 1. The Morgan fingerprint density at radius 2 is 1.62 bits per heavy atom. The van der Waals surface area contributed by atoms with E-state index < -0.39 is 10.0 Å². The Morgan fingerprint density at radius 3 is 2.24 bits per heavy atom. The second-order valence-corrected chi connectivity index (χ2v) is 9.18. The van der Waals surface area contributed by atoms with E-state index in [0.717, 1.165) is 3.57 Å². The molecule has 0 saturated heterocycles. The molecule has 0 atom stereocenters. The van der Waals surface area contributed by atoms with Crippen LogP contribution in [-0.2, 0) is 10.0 Å². The molecular formula is C21H19IN2O4S. The minimum atomic E-state index is -3.78. The van der Waals surface area contributed by atoms with E-state index in [1.165, 1.54) is 19.2 Å². The Labute approximate surface area is 183 Å². The molecule has 150 valence electrons. The van der Waals surface area contributed by atoms with E-state index in [4.69, 9.17) is 4.74 Å². The molecule has 0 spiro atoms. The highest BCUT2D eigenvalue weighted by atomic mass is 127. The summed E-state index contributed by atoms with van der Waals surface area (Å²) in [6.07, 6.45) is 0. The topological polar surface area (TPSA) is 84.5 Å². The number of ether oxygens (including phenoxy) is 1. The smallest absolute Gasteiger partial charge is 0.262 e. The first-order valence-electron chi connectivity index (χ1n) is 8.63. The van der Waals surface area contributed by atoms with Crippen LogP contribution in [0.1, 0.15) is 15.9 Å². The maximum absolute atomic E-state index is 12.7. The van der Waals surface area contributed by atoms with Crippen molar-refractivity contribution >= 4 is 49.9 Å². The van der Waals surface area contributed by atoms with Crippen LogP contribution < -0.4 is 14.8 Å². The Morgan fingerprint density at radius 1 is 0.966 bits per heavy atom. The molecule has 0 aromatic heterocycles. The van der Waals surface area contributed by atoms with Crippen molar-refractivity contribution in [3.8, 4) is 5.75 Å². The van der Waals surface area contributed by atoms with Crippen molar-refractivity contribution in [1.82, 2.24) is 0 Å². The highest BCUT2D eigenvalue weighted by Crippen LogP contribution is 2.33. The molecule has 6 nitrogen and oxygen atoms in total. The molecule has 1 amide bonds. The lowest BCUT2D eigenvalue weighted by atomic mass is 10.1. The second-order valence-electron chi connectivity index (χ2n) is 6.25. The van der Waals surface area contributed by atoms with E-state index in [9.17, 15) is 13.2 Å². The fraction of sp³-hybridized carbons (Fsp3) is 0.0952. The van der Waals surface area contributed by atoms with Crippen LogP contribution in [0.25, 0.3) is 0 Å². The summed E-state index contributed by atoms with van der Waals surface area (Å²) in [6.45, 7) is 1.78. The first-order chi connectivity index (χ1) is 13.8. The highest BCUT2D eigenvalue weighted by Gasteiger charge is 2.18. The average Bonchev–Trinajstić information content (AvgIpc) is 2.70. The Kier molecular flexibility index (Phi) is 6.43. The van der Waals surface area contributed by atoms with Crippen molar-refractivity contribution < 1.29 is 17.9 Å². The van der Waals surface area contributed by atoms with Crippen LogP contribution in [-0.4, -0.2) is 21.4 Å². The molecule has 0 aliphatic carbocycles. The number of anilines is 2. The zero-order valence-corrected chi connectivity index (χ0v) is 18.7. The number of hydrogen-bond donors (Lipinski definition) is 2. The summed E-state index contributed by atoms with van der Waals surface area (Å²) >= 11 is 2.11.